The third-order valence-corrected chi connectivity index (χ3v) is 4.01. The van der Waals surface area contributed by atoms with E-state index in [2.05, 4.69) is 10.2 Å². The second-order valence-electron chi connectivity index (χ2n) is 6.05. The fourth-order valence-corrected chi connectivity index (χ4v) is 2.67. The molecule has 0 saturated carbocycles. The molecule has 4 nitrogen and oxygen atoms in total. The standard InChI is InChI=1S/C16H22F3N3O/c1-11(20)15(23)21-14-5-7-22(8-6-14)10-12-3-2-4-13(9-12)16(17,18)19/h2-4,9,11,14H,5-8,10,20H2,1H3,(H,21,23)/t11-/m1/s1. The van der Waals surface area contributed by atoms with Crippen molar-refractivity contribution in [2.45, 2.75) is 44.6 Å². The summed E-state index contributed by atoms with van der Waals surface area (Å²) < 4.78 is 38.2. The minimum absolute atomic E-state index is 0.0891. The van der Waals surface area contributed by atoms with Crippen LogP contribution in [0.4, 0.5) is 13.2 Å². The summed E-state index contributed by atoms with van der Waals surface area (Å²) in [4.78, 5) is 13.7. The summed E-state index contributed by atoms with van der Waals surface area (Å²) in [5.41, 5.74) is 5.55. The molecule has 0 spiro atoms. The lowest BCUT2D eigenvalue weighted by Crippen LogP contribution is -2.48. The summed E-state index contributed by atoms with van der Waals surface area (Å²) in [6.45, 7) is 3.59. The average molecular weight is 329 g/mol. The van der Waals surface area contributed by atoms with Gasteiger partial charge < -0.3 is 11.1 Å². The maximum absolute atomic E-state index is 12.7. The van der Waals surface area contributed by atoms with Crippen LogP contribution >= 0.6 is 0 Å². The van der Waals surface area contributed by atoms with Crippen LogP contribution in [-0.2, 0) is 17.5 Å². The SMILES string of the molecule is C[C@@H](N)C(=O)NC1CCN(Cc2cccc(C(F)(F)F)c2)CC1. The second-order valence-corrected chi connectivity index (χ2v) is 6.05. The minimum atomic E-state index is -4.31. The number of likely N-dealkylation sites (tertiary alicyclic amines) is 1. The highest BCUT2D eigenvalue weighted by atomic mass is 19.4. The summed E-state index contributed by atoms with van der Waals surface area (Å²) in [7, 11) is 0. The van der Waals surface area contributed by atoms with Crippen molar-refractivity contribution in [3.05, 3.63) is 35.4 Å². The Hall–Kier alpha value is -1.60. The van der Waals surface area contributed by atoms with Gasteiger partial charge in [-0.2, -0.15) is 13.2 Å². The van der Waals surface area contributed by atoms with Crippen molar-refractivity contribution in [3.8, 4) is 0 Å². The molecular weight excluding hydrogens is 307 g/mol. The molecule has 23 heavy (non-hydrogen) atoms. The number of amides is 1. The Labute approximate surface area is 133 Å². The van der Waals surface area contributed by atoms with Gasteiger partial charge in [0.05, 0.1) is 11.6 Å². The first-order valence-corrected chi connectivity index (χ1v) is 7.70. The van der Waals surface area contributed by atoms with Gasteiger partial charge >= 0.3 is 6.18 Å². The van der Waals surface area contributed by atoms with Gasteiger partial charge in [-0.25, -0.2) is 0 Å². The van der Waals surface area contributed by atoms with Crippen molar-refractivity contribution in [1.29, 1.82) is 0 Å². The Kier molecular flexibility index (Phi) is 5.64. The van der Waals surface area contributed by atoms with Crippen molar-refractivity contribution in [3.63, 3.8) is 0 Å². The zero-order valence-corrected chi connectivity index (χ0v) is 13.1. The van der Waals surface area contributed by atoms with Gasteiger partial charge in [-0.15, -0.1) is 0 Å². The maximum Gasteiger partial charge on any atom is 0.416 e. The lowest BCUT2D eigenvalue weighted by Gasteiger charge is -2.32. The molecule has 1 aliphatic heterocycles. The van der Waals surface area contributed by atoms with Crippen LogP contribution in [0.1, 0.15) is 30.9 Å². The van der Waals surface area contributed by atoms with Crippen LogP contribution in [-0.4, -0.2) is 36.0 Å². The summed E-state index contributed by atoms with van der Waals surface area (Å²) in [5.74, 6) is -0.165. The Balaban J connectivity index is 1.86. The lowest BCUT2D eigenvalue weighted by atomic mass is 10.0. The number of carbonyl (C=O) groups is 1. The molecule has 0 aliphatic carbocycles. The monoisotopic (exact) mass is 329 g/mol. The van der Waals surface area contributed by atoms with Crippen LogP contribution in [0.25, 0.3) is 0 Å². The predicted molar refractivity (Wildman–Crippen MR) is 81.5 cm³/mol. The van der Waals surface area contributed by atoms with E-state index < -0.39 is 17.8 Å². The number of nitrogens with two attached hydrogens (primary N) is 1. The van der Waals surface area contributed by atoms with Crippen molar-refractivity contribution in [1.82, 2.24) is 10.2 Å². The molecule has 1 heterocycles. The highest BCUT2D eigenvalue weighted by Crippen LogP contribution is 2.29. The van der Waals surface area contributed by atoms with Crippen LogP contribution in [0.2, 0.25) is 0 Å². The largest absolute Gasteiger partial charge is 0.416 e. The molecule has 1 amide bonds. The van der Waals surface area contributed by atoms with E-state index in [0.717, 1.165) is 32.0 Å². The quantitative estimate of drug-likeness (QED) is 0.890. The Morgan fingerprint density at radius 3 is 2.61 bits per heavy atom. The molecule has 3 N–H and O–H groups in total. The number of nitrogens with one attached hydrogen (secondary N) is 1. The average Bonchev–Trinajstić information content (AvgIpc) is 2.48. The first kappa shape index (κ1) is 17.7. The first-order valence-electron chi connectivity index (χ1n) is 7.70. The number of rotatable bonds is 4. The zero-order valence-electron chi connectivity index (χ0n) is 13.1. The minimum Gasteiger partial charge on any atom is -0.352 e. The smallest absolute Gasteiger partial charge is 0.352 e. The van der Waals surface area contributed by atoms with Gasteiger partial charge in [0.1, 0.15) is 0 Å². The zero-order chi connectivity index (χ0) is 17.0. The van der Waals surface area contributed by atoms with Crippen molar-refractivity contribution in [2.75, 3.05) is 13.1 Å². The lowest BCUT2D eigenvalue weighted by molar-refractivity contribution is -0.137. The van der Waals surface area contributed by atoms with E-state index in [1.807, 2.05) is 0 Å². The summed E-state index contributed by atoms with van der Waals surface area (Å²) in [6.07, 6.45) is -2.76. The molecule has 0 radical (unpaired) electrons. The molecule has 1 atom stereocenters. The molecule has 2 rings (SSSR count). The first-order chi connectivity index (χ1) is 10.8. The number of carbonyl (C=O) groups excluding carboxylic acids is 1. The van der Waals surface area contributed by atoms with E-state index >= 15 is 0 Å². The Bertz CT molecular complexity index is 538. The van der Waals surface area contributed by atoms with Gasteiger partial charge in [0.25, 0.3) is 0 Å². The molecule has 0 aromatic heterocycles. The van der Waals surface area contributed by atoms with E-state index in [-0.39, 0.29) is 11.9 Å². The molecule has 1 saturated heterocycles. The van der Waals surface area contributed by atoms with E-state index in [4.69, 9.17) is 5.73 Å². The molecular formula is C16H22F3N3O. The van der Waals surface area contributed by atoms with Gasteiger partial charge in [-0.05, 0) is 31.4 Å². The van der Waals surface area contributed by atoms with Gasteiger partial charge in [0.2, 0.25) is 5.91 Å². The van der Waals surface area contributed by atoms with E-state index in [9.17, 15) is 18.0 Å². The Morgan fingerprint density at radius 2 is 2.04 bits per heavy atom. The number of alkyl halides is 3. The van der Waals surface area contributed by atoms with Crippen molar-refractivity contribution in [2.24, 2.45) is 5.73 Å². The highest BCUT2D eigenvalue weighted by Gasteiger charge is 2.30. The van der Waals surface area contributed by atoms with Crippen LogP contribution in [0.3, 0.4) is 0 Å². The number of hydrogen-bond acceptors (Lipinski definition) is 3. The van der Waals surface area contributed by atoms with E-state index in [1.54, 1.807) is 13.0 Å². The topological polar surface area (TPSA) is 58.4 Å². The van der Waals surface area contributed by atoms with E-state index in [1.165, 1.54) is 12.1 Å². The fraction of sp³-hybridized carbons (Fsp3) is 0.562. The van der Waals surface area contributed by atoms with Crippen molar-refractivity contribution < 1.29 is 18.0 Å². The third kappa shape index (κ3) is 5.21. The number of nitrogens with zero attached hydrogens (tertiary/aromatic N) is 1. The van der Waals surface area contributed by atoms with Gasteiger partial charge in [0.15, 0.2) is 0 Å². The van der Waals surface area contributed by atoms with Gasteiger partial charge in [0, 0.05) is 25.7 Å². The molecule has 128 valence electrons. The normalized spacial score (nSPS) is 18.7. The number of piperidine rings is 1. The molecule has 1 aliphatic rings. The molecule has 7 heteroatoms. The summed E-state index contributed by atoms with van der Waals surface area (Å²) in [6, 6.07) is 4.99. The second kappa shape index (κ2) is 7.31. The molecule has 1 fully saturated rings. The summed E-state index contributed by atoms with van der Waals surface area (Å²) in [5, 5.41) is 2.89. The third-order valence-electron chi connectivity index (χ3n) is 4.01. The highest BCUT2D eigenvalue weighted by molar-refractivity contribution is 5.81. The molecule has 1 aromatic rings. The molecule has 1 aromatic carbocycles. The van der Waals surface area contributed by atoms with Gasteiger partial charge in [-0.1, -0.05) is 18.2 Å². The van der Waals surface area contributed by atoms with Crippen LogP contribution in [0.15, 0.2) is 24.3 Å². The van der Waals surface area contributed by atoms with Crippen molar-refractivity contribution >= 4 is 5.91 Å². The van der Waals surface area contributed by atoms with Crippen LogP contribution < -0.4 is 11.1 Å². The maximum atomic E-state index is 12.7. The molecule has 0 unspecified atom stereocenters. The van der Waals surface area contributed by atoms with Crippen LogP contribution in [0, 0.1) is 0 Å². The number of halogens is 3. The van der Waals surface area contributed by atoms with E-state index in [0.29, 0.717) is 12.1 Å². The fourth-order valence-electron chi connectivity index (χ4n) is 2.67. The Morgan fingerprint density at radius 1 is 1.39 bits per heavy atom. The number of benzene rings is 1. The number of hydrogen-bond donors (Lipinski definition) is 2. The summed E-state index contributed by atoms with van der Waals surface area (Å²) >= 11 is 0. The van der Waals surface area contributed by atoms with Gasteiger partial charge in [-0.3, -0.25) is 9.69 Å². The molecule has 0 bridgehead atoms. The predicted octanol–water partition coefficient (Wildman–Crippen LogP) is 2.13. The van der Waals surface area contributed by atoms with Crippen LogP contribution in [0.5, 0.6) is 0 Å².